The van der Waals surface area contributed by atoms with E-state index in [0.29, 0.717) is 18.7 Å². The summed E-state index contributed by atoms with van der Waals surface area (Å²) in [4.78, 5) is 15.3. The molecule has 1 heterocycles. The van der Waals surface area contributed by atoms with Crippen LogP contribution in [0.15, 0.2) is 30.5 Å². The van der Waals surface area contributed by atoms with Gasteiger partial charge in [-0.1, -0.05) is 6.07 Å². The molecule has 2 unspecified atom stereocenters. The number of hydrogen-bond acceptors (Lipinski definition) is 4. The highest BCUT2D eigenvalue weighted by Gasteiger charge is 2.29. The number of rotatable bonds is 3. The van der Waals surface area contributed by atoms with Crippen molar-refractivity contribution in [2.45, 2.75) is 25.3 Å². The number of hydrogen-bond donors (Lipinski definition) is 3. The first-order valence-corrected chi connectivity index (χ1v) is 6.70. The van der Waals surface area contributed by atoms with E-state index in [4.69, 9.17) is 5.11 Å². The third-order valence-electron chi connectivity index (χ3n) is 3.87. The van der Waals surface area contributed by atoms with Crippen LogP contribution in [0.2, 0.25) is 0 Å². The summed E-state index contributed by atoms with van der Waals surface area (Å²) in [5.41, 5.74) is 0. The number of phenols is 1. The van der Waals surface area contributed by atoms with Gasteiger partial charge >= 0.3 is 5.97 Å². The summed E-state index contributed by atoms with van der Waals surface area (Å²) in [5.74, 6) is -0.0912. The summed E-state index contributed by atoms with van der Waals surface area (Å²) >= 11 is 0. The standard InChI is InChI=1S/C15H16N2O3/c18-12-4-2-9-5-6-16-14(13(9)8-12)17-11-3-1-10(7-11)15(19)20/h2,4-6,8,10-11,18H,1,3,7H2,(H,16,17)(H,19,20). The molecule has 104 valence electrons. The predicted molar refractivity (Wildman–Crippen MR) is 75.8 cm³/mol. The number of nitrogens with one attached hydrogen (secondary N) is 1. The van der Waals surface area contributed by atoms with Gasteiger partial charge in [0.1, 0.15) is 11.6 Å². The summed E-state index contributed by atoms with van der Waals surface area (Å²) < 4.78 is 0. The molecule has 0 saturated heterocycles. The van der Waals surface area contributed by atoms with Gasteiger partial charge < -0.3 is 15.5 Å². The lowest BCUT2D eigenvalue weighted by molar-refractivity contribution is -0.141. The molecule has 0 amide bonds. The van der Waals surface area contributed by atoms with Crippen LogP contribution in [0.3, 0.4) is 0 Å². The third-order valence-corrected chi connectivity index (χ3v) is 3.87. The lowest BCUT2D eigenvalue weighted by Crippen LogP contribution is -2.18. The molecule has 1 saturated carbocycles. The topological polar surface area (TPSA) is 82.5 Å². The van der Waals surface area contributed by atoms with Crippen LogP contribution in [0.4, 0.5) is 5.82 Å². The molecule has 3 rings (SSSR count). The Hall–Kier alpha value is -2.30. The molecule has 5 nitrogen and oxygen atoms in total. The number of benzene rings is 1. The Morgan fingerprint density at radius 1 is 1.30 bits per heavy atom. The zero-order valence-corrected chi connectivity index (χ0v) is 10.9. The van der Waals surface area contributed by atoms with Crippen molar-refractivity contribution >= 4 is 22.6 Å². The van der Waals surface area contributed by atoms with Crippen molar-refractivity contribution in [3.63, 3.8) is 0 Å². The molecule has 5 heteroatoms. The van der Waals surface area contributed by atoms with Crippen LogP contribution in [0.5, 0.6) is 5.75 Å². The molecule has 2 aromatic rings. The number of fused-ring (bicyclic) bond motifs is 1. The van der Waals surface area contributed by atoms with Crippen LogP contribution in [-0.4, -0.2) is 27.2 Å². The number of phenolic OH excluding ortho intramolecular Hbond substituents is 1. The van der Waals surface area contributed by atoms with Gasteiger partial charge in [0, 0.05) is 17.6 Å². The molecule has 3 N–H and O–H groups in total. The molecule has 0 aliphatic heterocycles. The van der Waals surface area contributed by atoms with Gasteiger partial charge in [-0.05, 0) is 42.8 Å². The van der Waals surface area contributed by atoms with Crippen molar-refractivity contribution in [1.82, 2.24) is 4.98 Å². The first-order valence-electron chi connectivity index (χ1n) is 6.70. The normalized spacial score (nSPS) is 22.0. The van der Waals surface area contributed by atoms with Crippen molar-refractivity contribution in [2.24, 2.45) is 5.92 Å². The second-order valence-corrected chi connectivity index (χ2v) is 5.25. The number of carboxylic acids is 1. The van der Waals surface area contributed by atoms with Crippen molar-refractivity contribution < 1.29 is 15.0 Å². The van der Waals surface area contributed by atoms with Gasteiger partial charge in [0.05, 0.1) is 5.92 Å². The molecule has 1 aliphatic carbocycles. The summed E-state index contributed by atoms with van der Waals surface area (Å²) in [6.07, 6.45) is 3.86. The van der Waals surface area contributed by atoms with Crippen molar-refractivity contribution in [2.75, 3.05) is 5.32 Å². The zero-order chi connectivity index (χ0) is 14.1. The second-order valence-electron chi connectivity index (χ2n) is 5.25. The Labute approximate surface area is 116 Å². The van der Waals surface area contributed by atoms with Crippen molar-refractivity contribution in [3.8, 4) is 5.75 Å². The van der Waals surface area contributed by atoms with Crippen LogP contribution in [0.1, 0.15) is 19.3 Å². The molecule has 0 bridgehead atoms. The average molecular weight is 272 g/mol. The second kappa shape index (κ2) is 5.00. The largest absolute Gasteiger partial charge is 0.508 e. The fourth-order valence-corrected chi connectivity index (χ4v) is 2.80. The minimum absolute atomic E-state index is 0.122. The Balaban J connectivity index is 1.85. The Morgan fingerprint density at radius 2 is 2.15 bits per heavy atom. The van der Waals surface area contributed by atoms with Gasteiger partial charge in [-0.3, -0.25) is 4.79 Å². The maximum absolute atomic E-state index is 11.0. The number of pyridine rings is 1. The molecule has 1 fully saturated rings. The molecule has 2 atom stereocenters. The minimum atomic E-state index is -0.724. The highest BCUT2D eigenvalue weighted by atomic mass is 16.4. The van der Waals surface area contributed by atoms with E-state index in [1.807, 2.05) is 12.1 Å². The Bertz CT molecular complexity index is 657. The third kappa shape index (κ3) is 2.39. The van der Waals surface area contributed by atoms with Crippen molar-refractivity contribution in [3.05, 3.63) is 30.5 Å². The Kier molecular flexibility index (Phi) is 3.18. The van der Waals surface area contributed by atoms with Gasteiger partial charge in [-0.15, -0.1) is 0 Å². The fraction of sp³-hybridized carbons (Fsp3) is 0.333. The fourth-order valence-electron chi connectivity index (χ4n) is 2.80. The van der Waals surface area contributed by atoms with Crippen LogP contribution in [0, 0.1) is 5.92 Å². The van der Waals surface area contributed by atoms with Gasteiger partial charge in [-0.2, -0.15) is 0 Å². The molecule has 1 aromatic carbocycles. The Morgan fingerprint density at radius 3 is 2.90 bits per heavy atom. The molecule has 1 aromatic heterocycles. The first-order chi connectivity index (χ1) is 9.63. The van der Waals surface area contributed by atoms with E-state index in [-0.39, 0.29) is 17.7 Å². The number of carbonyl (C=O) groups is 1. The lowest BCUT2D eigenvalue weighted by atomic mass is 10.1. The highest BCUT2D eigenvalue weighted by Crippen LogP contribution is 2.31. The SMILES string of the molecule is O=C(O)C1CCC(Nc2nccc3ccc(O)cc23)C1. The number of aliphatic carboxylic acids is 1. The smallest absolute Gasteiger partial charge is 0.306 e. The van der Waals surface area contributed by atoms with E-state index < -0.39 is 5.97 Å². The van der Waals surface area contributed by atoms with E-state index in [1.54, 1.807) is 18.3 Å². The van der Waals surface area contributed by atoms with Gasteiger partial charge in [-0.25, -0.2) is 4.98 Å². The first kappa shape index (κ1) is 12.7. The molecule has 20 heavy (non-hydrogen) atoms. The number of aromatic nitrogens is 1. The molecule has 1 aliphatic rings. The molecular weight excluding hydrogens is 256 g/mol. The number of anilines is 1. The van der Waals surface area contributed by atoms with Crippen molar-refractivity contribution in [1.29, 1.82) is 0 Å². The lowest BCUT2D eigenvalue weighted by Gasteiger charge is -2.15. The van der Waals surface area contributed by atoms with Crippen LogP contribution < -0.4 is 5.32 Å². The van der Waals surface area contributed by atoms with Gasteiger partial charge in [0.15, 0.2) is 0 Å². The van der Waals surface area contributed by atoms with E-state index in [0.717, 1.165) is 17.2 Å². The van der Waals surface area contributed by atoms with E-state index >= 15 is 0 Å². The van der Waals surface area contributed by atoms with Gasteiger partial charge in [0.25, 0.3) is 0 Å². The summed E-state index contributed by atoms with van der Waals surface area (Å²) in [6.45, 7) is 0. The molecule has 0 spiro atoms. The summed E-state index contributed by atoms with van der Waals surface area (Å²) in [7, 11) is 0. The van der Waals surface area contributed by atoms with E-state index in [2.05, 4.69) is 10.3 Å². The van der Waals surface area contributed by atoms with Crippen LogP contribution in [0.25, 0.3) is 10.8 Å². The maximum Gasteiger partial charge on any atom is 0.306 e. The molecular formula is C15H16N2O3. The maximum atomic E-state index is 11.0. The zero-order valence-electron chi connectivity index (χ0n) is 10.9. The quantitative estimate of drug-likeness (QED) is 0.800. The van der Waals surface area contributed by atoms with Crippen LogP contribution in [-0.2, 0) is 4.79 Å². The van der Waals surface area contributed by atoms with E-state index in [1.165, 1.54) is 0 Å². The molecule has 0 radical (unpaired) electrons. The van der Waals surface area contributed by atoms with Crippen LogP contribution >= 0.6 is 0 Å². The van der Waals surface area contributed by atoms with Gasteiger partial charge in [0.2, 0.25) is 0 Å². The summed E-state index contributed by atoms with van der Waals surface area (Å²) in [5, 5.41) is 23.8. The number of nitrogens with zero attached hydrogens (tertiary/aromatic N) is 1. The van der Waals surface area contributed by atoms with E-state index in [9.17, 15) is 9.90 Å². The predicted octanol–water partition coefficient (Wildman–Crippen LogP) is 2.61. The highest BCUT2D eigenvalue weighted by molar-refractivity contribution is 5.92. The summed E-state index contributed by atoms with van der Waals surface area (Å²) in [6, 6.07) is 7.16. The average Bonchev–Trinajstić information content (AvgIpc) is 2.88. The number of aromatic hydroxyl groups is 1. The minimum Gasteiger partial charge on any atom is -0.508 e. The monoisotopic (exact) mass is 272 g/mol. The number of carboxylic acid groups (broad SMARTS) is 1.